The lowest BCUT2D eigenvalue weighted by atomic mass is 9.94. The predicted molar refractivity (Wildman–Crippen MR) is 284 cm³/mol. The van der Waals surface area contributed by atoms with Gasteiger partial charge in [-0.3, -0.25) is 0 Å². The van der Waals surface area contributed by atoms with Crippen molar-refractivity contribution >= 4 is 89.4 Å². The molecule has 0 N–H and O–H groups in total. The molecule has 1 aliphatic heterocycles. The summed E-state index contributed by atoms with van der Waals surface area (Å²) < 4.78 is 31.2. The third-order valence-electron chi connectivity index (χ3n) is 14.1. The van der Waals surface area contributed by atoms with Gasteiger partial charge in [0.15, 0.2) is 23.0 Å². The topological polar surface area (TPSA) is 54.6 Å². The molecule has 0 saturated heterocycles. The summed E-state index contributed by atoms with van der Waals surface area (Å²) in [5, 5.41) is 7.84. The standard InChI is InChI=1S/C63H46N2O4/c1-6-18-47-40(8-3)61-41(38(5)60-45-21-10-13-29-52(45)66-55(60)19-7-2)23-15-28-50(61)65(47)51-36-59-57(34-37(51)4)69-58-35-39(32-33-54(58)68-59)64-48-26-12-9-20-44(48)62-42(24-16-27-49(62)64)43-25-17-31-56-63(43)46-22-11-14-30-53(46)67-56/h6-37,51H,2-3H2,1,4-5H3/b18-6-,55-19+,60-38+/t37-,51?/m1/s1. The van der Waals surface area contributed by atoms with E-state index in [2.05, 4.69) is 183 Å². The Hall–Kier alpha value is -8.74. The molecule has 6 nitrogen and oxygen atoms in total. The Bertz CT molecular complexity index is 4240. The summed E-state index contributed by atoms with van der Waals surface area (Å²) in [5.41, 5.74) is 14.4. The summed E-state index contributed by atoms with van der Waals surface area (Å²) in [6.07, 6.45) is 14.4. The van der Waals surface area contributed by atoms with Gasteiger partial charge < -0.3 is 27.4 Å². The van der Waals surface area contributed by atoms with E-state index in [4.69, 9.17) is 18.3 Å². The Morgan fingerprint density at radius 2 is 1.28 bits per heavy atom. The van der Waals surface area contributed by atoms with Gasteiger partial charge in [0.2, 0.25) is 0 Å². The number of hydrogen-bond acceptors (Lipinski definition) is 4. The maximum Gasteiger partial charge on any atom is 0.172 e. The molecule has 1 aliphatic carbocycles. The summed E-state index contributed by atoms with van der Waals surface area (Å²) in [6, 6.07) is 50.8. The number of nitrogens with zero attached hydrogens (tertiary/aromatic N) is 2. The Morgan fingerprint density at radius 3 is 2.09 bits per heavy atom. The lowest BCUT2D eigenvalue weighted by molar-refractivity contribution is 0.275. The lowest BCUT2D eigenvalue weighted by Gasteiger charge is -2.32. The van der Waals surface area contributed by atoms with E-state index in [1.807, 2.05) is 42.5 Å². The van der Waals surface area contributed by atoms with E-state index < -0.39 is 0 Å². The van der Waals surface area contributed by atoms with E-state index in [0.717, 1.165) is 105 Å². The molecule has 0 spiro atoms. The quantitative estimate of drug-likeness (QED) is 0.160. The molecule has 0 saturated carbocycles. The molecule has 4 aromatic heterocycles. The second kappa shape index (κ2) is 15.7. The van der Waals surface area contributed by atoms with Gasteiger partial charge >= 0.3 is 0 Å². The summed E-state index contributed by atoms with van der Waals surface area (Å²) in [7, 11) is 0. The Morgan fingerprint density at radius 1 is 0.609 bits per heavy atom. The molecule has 0 radical (unpaired) electrons. The van der Waals surface area contributed by atoms with Crippen LogP contribution in [0.15, 0.2) is 203 Å². The maximum absolute atomic E-state index is 6.86. The van der Waals surface area contributed by atoms with Crippen molar-refractivity contribution < 1.29 is 18.3 Å². The highest BCUT2D eigenvalue weighted by Gasteiger charge is 2.33. The van der Waals surface area contributed by atoms with Gasteiger partial charge in [-0.1, -0.05) is 129 Å². The number of allylic oxidation sites excluding steroid dienone is 4. The molecular formula is C63H46N2O4. The van der Waals surface area contributed by atoms with Gasteiger partial charge in [-0.2, -0.15) is 0 Å². The first kappa shape index (κ1) is 40.5. The van der Waals surface area contributed by atoms with Crippen LogP contribution in [0.3, 0.4) is 0 Å². The highest BCUT2D eigenvalue weighted by atomic mass is 16.6. The minimum absolute atomic E-state index is 0.0438. The molecule has 2 aliphatic rings. The van der Waals surface area contributed by atoms with Crippen LogP contribution in [0.4, 0.5) is 0 Å². The van der Waals surface area contributed by atoms with Gasteiger partial charge in [0.1, 0.15) is 22.2 Å². The van der Waals surface area contributed by atoms with Crippen LogP contribution < -0.4 is 20.1 Å². The number of para-hydroxylation sites is 3. The molecule has 11 aromatic rings. The molecule has 69 heavy (non-hydrogen) atoms. The van der Waals surface area contributed by atoms with Crippen molar-refractivity contribution in [2.75, 3.05) is 0 Å². The van der Waals surface area contributed by atoms with E-state index in [-0.39, 0.29) is 12.0 Å². The Kier molecular flexibility index (Phi) is 9.21. The molecule has 5 heterocycles. The molecule has 0 amide bonds. The van der Waals surface area contributed by atoms with Gasteiger partial charge in [0, 0.05) is 60.8 Å². The van der Waals surface area contributed by atoms with Crippen LogP contribution in [0.25, 0.3) is 106 Å². The lowest BCUT2D eigenvalue weighted by Crippen LogP contribution is -2.24. The van der Waals surface area contributed by atoms with Crippen molar-refractivity contribution in [3.8, 4) is 28.3 Å². The molecule has 2 atom stereocenters. The maximum atomic E-state index is 6.86. The largest absolute Gasteiger partial charge is 0.456 e. The number of furan rings is 2. The average Bonchev–Trinajstić information content (AvgIpc) is 4.13. The van der Waals surface area contributed by atoms with Gasteiger partial charge in [-0.05, 0) is 109 Å². The summed E-state index contributed by atoms with van der Waals surface area (Å²) in [5.74, 6) is 2.79. The zero-order chi connectivity index (χ0) is 46.5. The fourth-order valence-corrected chi connectivity index (χ4v) is 11.2. The average molecular weight is 895 g/mol. The molecule has 13 rings (SSSR count). The third kappa shape index (κ3) is 6.05. The second-order valence-electron chi connectivity index (χ2n) is 18.0. The van der Waals surface area contributed by atoms with Crippen molar-refractivity contribution in [3.05, 3.63) is 222 Å². The number of rotatable bonds is 7. The van der Waals surface area contributed by atoms with Gasteiger partial charge in [-0.15, -0.1) is 0 Å². The zero-order valence-electron chi connectivity index (χ0n) is 38.5. The zero-order valence-corrected chi connectivity index (χ0v) is 38.5. The van der Waals surface area contributed by atoms with Crippen molar-refractivity contribution in [2.24, 2.45) is 5.92 Å². The molecule has 1 unspecified atom stereocenters. The Labute approximate surface area is 398 Å². The third-order valence-corrected chi connectivity index (χ3v) is 14.1. The number of fused-ring (bicyclic) bond motifs is 10. The van der Waals surface area contributed by atoms with E-state index >= 15 is 0 Å². The second-order valence-corrected chi connectivity index (χ2v) is 18.0. The van der Waals surface area contributed by atoms with E-state index in [9.17, 15) is 0 Å². The first-order chi connectivity index (χ1) is 33.9. The summed E-state index contributed by atoms with van der Waals surface area (Å²) in [4.78, 5) is 0. The van der Waals surface area contributed by atoms with Crippen LogP contribution in [0, 0.1) is 5.92 Å². The molecule has 0 bridgehead atoms. The van der Waals surface area contributed by atoms with E-state index in [1.165, 1.54) is 10.8 Å². The van der Waals surface area contributed by atoms with Gasteiger partial charge in [0.25, 0.3) is 0 Å². The molecule has 6 heteroatoms. The molecule has 7 aromatic carbocycles. The van der Waals surface area contributed by atoms with E-state index in [1.54, 1.807) is 6.08 Å². The van der Waals surface area contributed by atoms with Crippen molar-refractivity contribution in [2.45, 2.75) is 26.8 Å². The normalized spacial score (nSPS) is 16.5. The Balaban J connectivity index is 0.918. The van der Waals surface area contributed by atoms with Crippen LogP contribution in [0.2, 0.25) is 0 Å². The van der Waals surface area contributed by atoms with Crippen molar-refractivity contribution in [1.29, 1.82) is 0 Å². The van der Waals surface area contributed by atoms with Crippen LogP contribution in [-0.2, 0) is 0 Å². The first-order valence-electron chi connectivity index (χ1n) is 23.5. The van der Waals surface area contributed by atoms with E-state index in [0.29, 0.717) is 23.0 Å². The van der Waals surface area contributed by atoms with Crippen LogP contribution in [0.5, 0.6) is 11.5 Å². The smallest absolute Gasteiger partial charge is 0.172 e. The molecule has 0 fully saturated rings. The minimum atomic E-state index is -0.0942. The molecular weight excluding hydrogens is 849 g/mol. The fourth-order valence-electron chi connectivity index (χ4n) is 11.2. The van der Waals surface area contributed by atoms with Crippen molar-refractivity contribution in [1.82, 2.24) is 9.13 Å². The van der Waals surface area contributed by atoms with Crippen molar-refractivity contribution in [3.63, 3.8) is 0 Å². The number of aromatic nitrogens is 2. The van der Waals surface area contributed by atoms with Gasteiger partial charge in [0.05, 0.1) is 28.3 Å². The number of benzene rings is 7. The number of ether oxygens (including phenoxy) is 2. The van der Waals surface area contributed by atoms with Crippen LogP contribution in [-0.4, -0.2) is 9.13 Å². The summed E-state index contributed by atoms with van der Waals surface area (Å²) in [6.45, 7) is 14.9. The van der Waals surface area contributed by atoms with Gasteiger partial charge in [-0.25, -0.2) is 0 Å². The summed E-state index contributed by atoms with van der Waals surface area (Å²) >= 11 is 0. The number of hydrogen-bond donors (Lipinski definition) is 0. The predicted octanol–water partition coefficient (Wildman–Crippen LogP) is 15.3. The highest BCUT2D eigenvalue weighted by Crippen LogP contribution is 2.47. The minimum Gasteiger partial charge on any atom is -0.456 e. The van der Waals surface area contributed by atoms with Crippen LogP contribution in [0.1, 0.15) is 43.6 Å². The highest BCUT2D eigenvalue weighted by molar-refractivity contribution is 6.21. The fraction of sp³-hybridized carbons (Fsp3) is 0.0794. The molecule has 332 valence electrons. The SMILES string of the molecule is C=C/C=c1/oc2ccccc2/c1=C(/C)c1cccc2c1c(C=C)c(/C=C\C)n2C1C=C2Oc3ccc(-n4c5ccccc5c5c(-c6cccc7oc8ccccc8c67)cccc54)cc3OC2=C[C@H]1C. The van der Waals surface area contributed by atoms with Crippen LogP contribution >= 0.6 is 0 Å². The first-order valence-corrected chi connectivity index (χ1v) is 23.5. The monoisotopic (exact) mass is 894 g/mol.